The van der Waals surface area contributed by atoms with Gasteiger partial charge in [-0.05, 0) is 0 Å². The summed E-state index contributed by atoms with van der Waals surface area (Å²) in [5.41, 5.74) is 0. The molecule has 0 amide bonds. The third-order valence-corrected chi connectivity index (χ3v) is 0. The second-order valence-electron chi connectivity index (χ2n) is 0.679. The van der Waals surface area contributed by atoms with Gasteiger partial charge in [0, 0.05) is 0 Å². The van der Waals surface area contributed by atoms with Gasteiger partial charge in [0.25, 0.3) is 11.4 Å². The summed E-state index contributed by atoms with van der Waals surface area (Å²) in [5, 5.41) is 0. The summed E-state index contributed by atoms with van der Waals surface area (Å²) in [7, 11) is -4.67. The van der Waals surface area contributed by atoms with Gasteiger partial charge in [-0.1, -0.05) is 0 Å². The molecule has 0 unspecified atom stereocenters. The Morgan fingerprint density at radius 2 is 1.10 bits per heavy atom. The summed E-state index contributed by atoms with van der Waals surface area (Å²) in [6.07, 6.45) is 0. The maximum atomic E-state index is 8.74. The molecule has 0 atom stereocenters. The van der Waals surface area contributed by atoms with Gasteiger partial charge >= 0.3 is 59.3 Å². The number of hydrogen-bond acceptors (Lipinski definition) is 3. The van der Waals surface area contributed by atoms with Gasteiger partial charge in [-0.3, -0.25) is 18.2 Å². The van der Waals surface area contributed by atoms with Crippen LogP contribution >= 0.6 is 0 Å². The van der Waals surface area contributed by atoms with E-state index in [1.54, 1.807) is 0 Å². The van der Waals surface area contributed by atoms with Crippen molar-refractivity contribution in [3.05, 3.63) is 0 Å². The van der Waals surface area contributed by atoms with E-state index in [0.29, 0.717) is 0 Å². The van der Waals surface area contributed by atoms with Crippen LogP contribution in [-0.2, 0) is 21.8 Å². The van der Waals surface area contributed by atoms with Crippen LogP contribution in [0, 0.1) is 0 Å². The van der Waals surface area contributed by atoms with Crippen molar-refractivity contribution in [3.63, 3.8) is 0 Å². The minimum atomic E-state index is -4.67. The molecule has 0 spiro atoms. The Labute approximate surface area is 100.0 Å². The molecule has 0 fully saturated rings. The van der Waals surface area contributed by atoms with Crippen LogP contribution in [0.2, 0.25) is 0 Å². The molecule has 0 aromatic rings. The summed E-state index contributed by atoms with van der Waals surface area (Å²) in [6.45, 7) is 0. The van der Waals surface area contributed by atoms with Gasteiger partial charge < -0.3 is 0 Å². The maximum absolute atomic E-state index is 8.74. The average Bonchev–Trinajstić information content (AvgIpc) is 1.19. The van der Waals surface area contributed by atoms with Crippen LogP contribution in [0.4, 0.5) is 0 Å². The topological polar surface area (TPSA) is 132 Å². The molecule has 0 aliphatic carbocycles. The second kappa shape index (κ2) is 8.61. The van der Waals surface area contributed by atoms with Crippen molar-refractivity contribution in [2.75, 3.05) is 0 Å². The molecule has 0 aliphatic heterocycles. The summed E-state index contributed by atoms with van der Waals surface area (Å²) >= 11 is -2.61. The van der Waals surface area contributed by atoms with Crippen molar-refractivity contribution in [2.24, 2.45) is 0 Å². The van der Waals surface area contributed by atoms with Gasteiger partial charge in [-0.25, -0.2) is 0 Å². The predicted octanol–water partition coefficient (Wildman–Crippen LogP) is -1.89. The Morgan fingerprint density at radius 1 is 1.10 bits per heavy atom. The van der Waals surface area contributed by atoms with Crippen molar-refractivity contribution in [1.29, 1.82) is 0 Å². The monoisotopic (exact) mass is 320 g/mol. The van der Waals surface area contributed by atoms with E-state index in [-0.39, 0.29) is 48.9 Å². The van der Waals surface area contributed by atoms with Crippen molar-refractivity contribution in [1.82, 2.24) is 0 Å². The fraction of sp³-hybridized carbons (Fsp3) is 0. The molecule has 0 saturated carbocycles. The molecule has 0 bridgehead atoms. The summed E-state index contributed by atoms with van der Waals surface area (Å²) < 4.78 is 54.4. The minimum absolute atomic E-state index is 0. The van der Waals surface area contributed by atoms with Gasteiger partial charge in [-0.2, -0.15) is 12.6 Å². The molecule has 0 aromatic carbocycles. The molecule has 10 heteroatoms. The first-order valence-corrected chi connectivity index (χ1v) is 3.69. The quantitative estimate of drug-likeness (QED) is 0.233. The molecular formula is H6BaO7S2. The van der Waals surface area contributed by atoms with Crippen LogP contribution in [0.5, 0.6) is 0 Å². The Morgan fingerprint density at radius 3 is 1.10 bits per heavy atom. The van der Waals surface area contributed by atoms with Gasteiger partial charge in [0.05, 0.1) is 0 Å². The van der Waals surface area contributed by atoms with Crippen LogP contribution in [0.1, 0.15) is 0 Å². The van der Waals surface area contributed by atoms with E-state index >= 15 is 0 Å². The average molecular weight is 320 g/mol. The summed E-state index contributed by atoms with van der Waals surface area (Å²) in [4.78, 5) is 0. The van der Waals surface area contributed by atoms with Gasteiger partial charge in [0.1, 0.15) is 0 Å². The van der Waals surface area contributed by atoms with E-state index in [9.17, 15) is 0 Å². The molecular weight excluding hydrogens is 313 g/mol. The number of hydrogen-bond donors (Lipinski definition) is 4. The fourth-order valence-electron chi connectivity index (χ4n) is 0. The SMILES string of the molecule is O=S(=O)(O)O.O=S(O)O.[BaH2]. The Kier molecular flexibility index (Phi) is 15.1. The molecule has 7 nitrogen and oxygen atoms in total. The van der Waals surface area contributed by atoms with Crippen molar-refractivity contribution < 1.29 is 30.8 Å². The van der Waals surface area contributed by atoms with Gasteiger partial charge in [-0.15, -0.1) is 0 Å². The third-order valence-electron chi connectivity index (χ3n) is 0. The molecule has 0 aliphatic rings. The van der Waals surface area contributed by atoms with Crippen LogP contribution in [0.15, 0.2) is 0 Å². The zero-order chi connectivity index (χ0) is 8.08. The molecule has 0 aromatic heterocycles. The first-order chi connectivity index (χ1) is 3.73. The normalized spacial score (nSPS) is 9.30. The first kappa shape index (κ1) is 17.6. The molecule has 62 valence electrons. The van der Waals surface area contributed by atoms with Gasteiger partial charge in [0.2, 0.25) is 0 Å². The van der Waals surface area contributed by atoms with E-state index in [4.69, 9.17) is 30.8 Å². The fourth-order valence-corrected chi connectivity index (χ4v) is 0. The van der Waals surface area contributed by atoms with E-state index in [0.717, 1.165) is 0 Å². The van der Waals surface area contributed by atoms with E-state index < -0.39 is 21.8 Å². The molecule has 0 radical (unpaired) electrons. The molecule has 4 N–H and O–H groups in total. The predicted molar refractivity (Wildman–Crippen MR) is 36.1 cm³/mol. The van der Waals surface area contributed by atoms with E-state index in [1.807, 2.05) is 0 Å². The standard InChI is InChI=1S/Ba.H2O4S.H2O3S.2H/c;1-5(2,3)4;1-4(2)3;;/h;(H2,1,2,3,4);(H2,1,2,3);;. The zero-order valence-corrected chi connectivity index (χ0v) is 5.46. The van der Waals surface area contributed by atoms with Crippen molar-refractivity contribution in [3.8, 4) is 0 Å². The second-order valence-corrected chi connectivity index (χ2v) is 2.04. The van der Waals surface area contributed by atoms with Crippen LogP contribution in [0.3, 0.4) is 0 Å². The van der Waals surface area contributed by atoms with Gasteiger partial charge in [0.15, 0.2) is 0 Å². The van der Waals surface area contributed by atoms with Crippen molar-refractivity contribution >= 4 is 70.6 Å². The van der Waals surface area contributed by atoms with Crippen LogP contribution in [0.25, 0.3) is 0 Å². The van der Waals surface area contributed by atoms with Crippen LogP contribution in [-0.4, -0.2) is 79.7 Å². The Bertz CT molecular complexity index is 154. The summed E-state index contributed by atoms with van der Waals surface area (Å²) in [6, 6.07) is 0. The molecule has 0 saturated heterocycles. The first-order valence-electron chi connectivity index (χ1n) is 1.23. The Balaban J connectivity index is -0.0000000910. The third kappa shape index (κ3) is 302. The van der Waals surface area contributed by atoms with E-state index in [1.165, 1.54) is 0 Å². The number of rotatable bonds is 0. The zero-order valence-electron chi connectivity index (χ0n) is 3.83. The molecule has 0 rings (SSSR count). The Hall–Kier alpha value is 1.51. The molecule has 0 heterocycles. The van der Waals surface area contributed by atoms with Crippen LogP contribution < -0.4 is 0 Å². The van der Waals surface area contributed by atoms with Crippen molar-refractivity contribution in [2.45, 2.75) is 0 Å². The molecule has 10 heavy (non-hydrogen) atoms. The van der Waals surface area contributed by atoms with E-state index in [2.05, 4.69) is 0 Å². The summed E-state index contributed by atoms with van der Waals surface area (Å²) in [5.74, 6) is 0.